The Kier molecular flexibility index (Phi) is 34.7. The summed E-state index contributed by atoms with van der Waals surface area (Å²) in [6.45, 7) is 12.5. The normalized spacial score (nSPS) is 23.6. The molecule has 11 amide bonds. The summed E-state index contributed by atoms with van der Waals surface area (Å²) in [5.41, 5.74) is 29.2. The van der Waals surface area contributed by atoms with Gasteiger partial charge in [-0.1, -0.05) is 54.4 Å². The average molecular weight is 1160 g/mol. The third kappa shape index (κ3) is 27.0. The highest BCUT2D eigenvalue weighted by atomic mass is 16.3. The molecule has 1 aliphatic heterocycles. The number of aliphatic hydroxyl groups excluding tert-OH is 2. The molecular formula is C52H98N16O13. The van der Waals surface area contributed by atoms with Crippen molar-refractivity contribution in [3.8, 4) is 0 Å². The molecule has 81 heavy (non-hydrogen) atoms. The van der Waals surface area contributed by atoms with Crippen LogP contribution in [-0.2, 0) is 52.7 Å². The predicted molar refractivity (Wildman–Crippen MR) is 301 cm³/mol. The zero-order chi connectivity index (χ0) is 61.5. The molecule has 464 valence electrons. The second-order valence-electron chi connectivity index (χ2n) is 21.6. The number of hydrogen-bond acceptors (Lipinski definition) is 18. The number of hydrogen-bond donors (Lipinski definition) is 18. The number of carbonyl (C=O) groups excluding carboxylic acids is 11. The zero-order valence-corrected chi connectivity index (χ0v) is 48.7. The Bertz CT molecular complexity index is 2050. The molecule has 2 unspecified atom stereocenters. The van der Waals surface area contributed by atoms with Crippen molar-refractivity contribution in [1.82, 2.24) is 58.5 Å². The van der Waals surface area contributed by atoms with Crippen LogP contribution in [0.5, 0.6) is 0 Å². The van der Waals surface area contributed by atoms with Gasteiger partial charge in [0.05, 0.1) is 12.2 Å². The Morgan fingerprint density at radius 3 is 1.38 bits per heavy atom. The molecule has 29 nitrogen and oxygen atoms in total. The van der Waals surface area contributed by atoms with E-state index in [1.54, 1.807) is 27.7 Å². The van der Waals surface area contributed by atoms with Crippen molar-refractivity contribution < 1.29 is 63.0 Å². The van der Waals surface area contributed by atoms with E-state index >= 15 is 0 Å². The second-order valence-corrected chi connectivity index (χ2v) is 21.6. The maximum atomic E-state index is 14.4. The van der Waals surface area contributed by atoms with Crippen molar-refractivity contribution in [3.63, 3.8) is 0 Å². The summed E-state index contributed by atoms with van der Waals surface area (Å²) in [5.74, 6) is -9.60. The zero-order valence-electron chi connectivity index (χ0n) is 48.7. The van der Waals surface area contributed by atoms with Gasteiger partial charge in [0.1, 0.15) is 60.4 Å². The molecule has 0 bridgehead atoms. The third-order valence-corrected chi connectivity index (χ3v) is 13.4. The van der Waals surface area contributed by atoms with Gasteiger partial charge < -0.3 is 97.4 Å². The van der Waals surface area contributed by atoms with E-state index in [1.165, 1.54) is 13.8 Å². The standard InChI is InChI=1S/C52H98N16O13/c1-9-29(6)11-10-12-40(71)59-32(13-19-53)47(76)68-42(31(8)70)52(81)64-35(16-22-56)44(73)63-37-18-24-58-51(80)41(30(7)69)67-48(77)36(17-23-57)61-43(72)33(14-20-54)62-49(78)38(25-27(2)3)66-50(79)39(26-28(4)5)65-45(74)34(15-21-55)60-46(37)75/h27-39,41-42,69-70H,9-26,53-57H2,1-8H3,(H,58,80)(H,59,71)(H,60,75)(H,61,72)(H,62,78)(H,63,73)(H,64,81)(H,65,74)(H,66,79)(H,67,77)(H,68,76)/t29?,30-,31-,32+,33+,34+,35+,36+,37?,38+,39-,41+,42+/m1/s1. The van der Waals surface area contributed by atoms with Gasteiger partial charge in [-0.05, 0) is 122 Å². The second kappa shape index (κ2) is 38.6. The Balaban J connectivity index is 3.84. The van der Waals surface area contributed by atoms with Gasteiger partial charge in [0.15, 0.2) is 0 Å². The minimum Gasteiger partial charge on any atom is -0.391 e. The van der Waals surface area contributed by atoms with E-state index in [4.69, 9.17) is 28.7 Å². The fraction of sp³-hybridized carbons (Fsp3) is 0.788. The number of nitrogens with one attached hydrogen (secondary N) is 11. The molecule has 0 aromatic rings. The van der Waals surface area contributed by atoms with E-state index < -0.39 is 151 Å². The van der Waals surface area contributed by atoms with E-state index in [9.17, 15) is 63.0 Å². The minimum absolute atomic E-state index is 0.0146. The molecule has 0 aromatic heterocycles. The predicted octanol–water partition coefficient (Wildman–Crippen LogP) is -5.83. The number of aliphatic hydroxyl groups is 2. The van der Waals surface area contributed by atoms with E-state index in [2.05, 4.69) is 65.4 Å². The van der Waals surface area contributed by atoms with E-state index in [-0.39, 0.29) is 95.9 Å². The monoisotopic (exact) mass is 1150 g/mol. The average Bonchev–Trinajstić information content (AvgIpc) is 3.41. The first-order chi connectivity index (χ1) is 38.2. The summed E-state index contributed by atoms with van der Waals surface area (Å²) in [4.78, 5) is 153. The van der Waals surface area contributed by atoms with Gasteiger partial charge in [0.25, 0.3) is 0 Å². The summed E-state index contributed by atoms with van der Waals surface area (Å²) >= 11 is 0. The summed E-state index contributed by atoms with van der Waals surface area (Å²) in [5, 5.41) is 49.5. The molecule has 0 saturated carbocycles. The molecule has 1 rings (SSSR count). The van der Waals surface area contributed by atoms with Gasteiger partial charge in [0.2, 0.25) is 65.0 Å². The lowest BCUT2D eigenvalue weighted by atomic mass is 9.99. The van der Waals surface area contributed by atoms with Crippen LogP contribution in [0.25, 0.3) is 0 Å². The largest absolute Gasteiger partial charge is 0.391 e. The molecule has 0 spiro atoms. The van der Waals surface area contributed by atoms with Crippen LogP contribution in [0.15, 0.2) is 0 Å². The molecule has 0 aliphatic carbocycles. The van der Waals surface area contributed by atoms with Gasteiger partial charge in [-0.25, -0.2) is 0 Å². The first kappa shape index (κ1) is 72.9. The van der Waals surface area contributed by atoms with Crippen molar-refractivity contribution in [3.05, 3.63) is 0 Å². The summed E-state index contributed by atoms with van der Waals surface area (Å²) in [6, 6.07) is -14.5. The molecule has 23 N–H and O–H groups in total. The van der Waals surface area contributed by atoms with Crippen molar-refractivity contribution in [2.75, 3.05) is 39.3 Å². The number of carbonyl (C=O) groups is 11. The maximum Gasteiger partial charge on any atom is 0.245 e. The van der Waals surface area contributed by atoms with Crippen LogP contribution < -0.4 is 87.2 Å². The van der Waals surface area contributed by atoms with Crippen molar-refractivity contribution in [2.24, 2.45) is 46.4 Å². The first-order valence-corrected chi connectivity index (χ1v) is 28.3. The smallest absolute Gasteiger partial charge is 0.245 e. The molecule has 1 heterocycles. The van der Waals surface area contributed by atoms with Crippen molar-refractivity contribution in [2.45, 2.75) is 205 Å². The van der Waals surface area contributed by atoms with Crippen LogP contribution >= 0.6 is 0 Å². The first-order valence-electron chi connectivity index (χ1n) is 28.3. The van der Waals surface area contributed by atoms with Crippen LogP contribution in [0, 0.1) is 17.8 Å². The SMILES string of the molecule is CCC(C)CCCC(=O)N[C@@H](CCN)C(=O)N[C@H](C(=O)N[C@@H](CCN)C(=O)NC1CCNC(=O)[C@H]([C@@H](C)O)NC(=O)[C@H](CCN)NC(=O)[C@H](CCN)NC(=O)[C@H](CC(C)C)NC(=O)[C@@H](CC(C)C)NC(=O)[C@H](CCN)NC1=O)[C@@H](C)O. The maximum absolute atomic E-state index is 14.4. The van der Waals surface area contributed by atoms with Gasteiger partial charge in [-0.15, -0.1) is 0 Å². The lowest BCUT2D eigenvalue weighted by molar-refractivity contribution is -0.137. The van der Waals surface area contributed by atoms with Gasteiger partial charge >= 0.3 is 0 Å². The summed E-state index contributed by atoms with van der Waals surface area (Å²) < 4.78 is 0. The van der Waals surface area contributed by atoms with Crippen LogP contribution in [-0.4, -0.2) is 187 Å². The fourth-order valence-electron chi connectivity index (χ4n) is 8.60. The summed E-state index contributed by atoms with van der Waals surface area (Å²) in [7, 11) is 0. The van der Waals surface area contributed by atoms with Crippen LogP contribution in [0.2, 0.25) is 0 Å². The highest BCUT2D eigenvalue weighted by Crippen LogP contribution is 2.13. The molecule has 13 atom stereocenters. The Labute approximate surface area is 475 Å². The van der Waals surface area contributed by atoms with Crippen molar-refractivity contribution >= 4 is 65.0 Å². The quantitative estimate of drug-likeness (QED) is 0.0347. The molecule has 1 saturated heterocycles. The Morgan fingerprint density at radius 2 is 0.963 bits per heavy atom. The van der Waals surface area contributed by atoms with E-state index in [0.717, 1.165) is 12.8 Å². The third-order valence-electron chi connectivity index (χ3n) is 13.4. The fourth-order valence-corrected chi connectivity index (χ4v) is 8.60. The van der Waals surface area contributed by atoms with Gasteiger partial charge in [-0.3, -0.25) is 52.7 Å². The Hall–Kier alpha value is -6.11. The highest BCUT2D eigenvalue weighted by molar-refractivity contribution is 5.99. The van der Waals surface area contributed by atoms with Crippen LogP contribution in [0.3, 0.4) is 0 Å². The van der Waals surface area contributed by atoms with Gasteiger partial charge in [0, 0.05) is 13.0 Å². The lowest BCUT2D eigenvalue weighted by Crippen LogP contribution is -2.62. The van der Waals surface area contributed by atoms with Crippen LogP contribution in [0.4, 0.5) is 0 Å². The summed E-state index contributed by atoms with van der Waals surface area (Å²) in [6.07, 6.45) is -1.79. The molecule has 1 aliphatic rings. The molecule has 0 aromatic carbocycles. The van der Waals surface area contributed by atoms with Gasteiger partial charge in [-0.2, -0.15) is 0 Å². The van der Waals surface area contributed by atoms with Crippen molar-refractivity contribution in [1.29, 1.82) is 0 Å². The molecule has 1 fully saturated rings. The molecule has 0 radical (unpaired) electrons. The number of amides is 11. The molecule has 29 heteroatoms. The number of nitrogens with two attached hydrogens (primary N) is 5. The van der Waals surface area contributed by atoms with Crippen LogP contribution in [0.1, 0.15) is 132 Å². The van der Waals surface area contributed by atoms with E-state index in [1.807, 2.05) is 6.92 Å². The topological polar surface area (TPSA) is 491 Å². The number of rotatable bonds is 28. The van der Waals surface area contributed by atoms with E-state index in [0.29, 0.717) is 12.3 Å². The Morgan fingerprint density at radius 1 is 0.531 bits per heavy atom. The molecular weight excluding hydrogens is 1060 g/mol. The highest BCUT2D eigenvalue weighted by Gasteiger charge is 2.37. The lowest BCUT2D eigenvalue weighted by Gasteiger charge is -2.29. The minimum atomic E-state index is -1.69.